The van der Waals surface area contributed by atoms with Crippen molar-refractivity contribution in [1.29, 1.82) is 0 Å². The highest BCUT2D eigenvalue weighted by Crippen LogP contribution is 2.37. The molecule has 0 aromatic heterocycles. The van der Waals surface area contributed by atoms with Crippen LogP contribution in [-0.4, -0.2) is 55.9 Å². The van der Waals surface area contributed by atoms with Crippen LogP contribution in [0.1, 0.15) is 25.3 Å². The molecular weight excluding hydrogens is 380 g/mol. The molecule has 0 unspecified atom stereocenters. The number of piperidine rings is 1. The number of amides is 1. The summed E-state index contributed by atoms with van der Waals surface area (Å²) in [7, 11) is 3.14. The number of para-hydroxylation sites is 1. The summed E-state index contributed by atoms with van der Waals surface area (Å²) in [6, 6.07) is 5.52. The van der Waals surface area contributed by atoms with Gasteiger partial charge in [0.15, 0.2) is 16.7 Å². The maximum absolute atomic E-state index is 12.4. The Morgan fingerprint density at radius 3 is 2.68 bits per heavy atom. The first-order valence-corrected chi connectivity index (χ1v) is 10.0. The van der Waals surface area contributed by atoms with Gasteiger partial charge in [-0.3, -0.25) is 9.59 Å². The third-order valence-electron chi connectivity index (χ3n) is 4.71. The first-order chi connectivity index (χ1) is 13.6. The molecule has 0 saturated carbocycles. The predicted molar refractivity (Wildman–Crippen MR) is 108 cm³/mol. The lowest BCUT2D eigenvalue weighted by Gasteiger charge is -2.31. The van der Waals surface area contributed by atoms with E-state index in [0.29, 0.717) is 54.1 Å². The van der Waals surface area contributed by atoms with Crippen molar-refractivity contribution in [3.63, 3.8) is 0 Å². The van der Waals surface area contributed by atoms with E-state index < -0.39 is 0 Å². The van der Waals surface area contributed by atoms with Crippen LogP contribution in [0.25, 0.3) is 6.08 Å². The zero-order valence-corrected chi connectivity index (χ0v) is 17.1. The van der Waals surface area contributed by atoms with Crippen molar-refractivity contribution in [3.05, 3.63) is 28.7 Å². The zero-order chi connectivity index (χ0) is 20.1. The summed E-state index contributed by atoms with van der Waals surface area (Å²) in [6.07, 6.45) is 3.18. The van der Waals surface area contributed by atoms with Gasteiger partial charge in [0.25, 0.3) is 5.91 Å². The highest BCUT2D eigenvalue weighted by Gasteiger charge is 2.31. The molecule has 0 radical (unpaired) electrons. The Morgan fingerprint density at radius 1 is 1.29 bits per heavy atom. The number of carbonyl (C=O) groups is 2. The van der Waals surface area contributed by atoms with E-state index in [0.717, 1.165) is 5.56 Å². The molecule has 2 aliphatic rings. The molecule has 1 aromatic rings. The van der Waals surface area contributed by atoms with Crippen LogP contribution in [0.3, 0.4) is 0 Å². The minimum absolute atomic E-state index is 0.0741. The van der Waals surface area contributed by atoms with Gasteiger partial charge in [-0.25, -0.2) is 0 Å². The summed E-state index contributed by atoms with van der Waals surface area (Å²) in [5.74, 6) is 0.710. The number of hydrogen-bond acceptors (Lipinski definition) is 7. The molecule has 1 saturated heterocycles. The fourth-order valence-electron chi connectivity index (χ4n) is 3.27. The van der Waals surface area contributed by atoms with Crippen molar-refractivity contribution in [2.24, 2.45) is 10.9 Å². The summed E-state index contributed by atoms with van der Waals surface area (Å²) in [5.41, 5.74) is 0.759. The Bertz CT molecular complexity index is 813. The van der Waals surface area contributed by atoms with E-state index in [1.54, 1.807) is 26.4 Å². The van der Waals surface area contributed by atoms with Crippen LogP contribution in [0.15, 0.2) is 28.1 Å². The van der Waals surface area contributed by atoms with Crippen LogP contribution in [0.2, 0.25) is 0 Å². The molecule has 150 valence electrons. The first kappa shape index (κ1) is 20.3. The molecule has 1 fully saturated rings. The summed E-state index contributed by atoms with van der Waals surface area (Å²) >= 11 is 1.35. The fourth-order valence-corrected chi connectivity index (χ4v) is 4.22. The lowest BCUT2D eigenvalue weighted by molar-refractivity contribution is -0.149. The standard InChI is InChI=1S/C20H24N2O5S/c1-4-27-19(24)13-8-10-22(11-9-13)20-21-18(23)16(28-20)12-14-6-5-7-15(25-2)17(14)26-3/h5-7,12-13H,4,8-11H2,1-3H3. The molecule has 0 N–H and O–H groups in total. The molecular formula is C20H24N2O5S. The number of methoxy groups -OCH3 is 2. The van der Waals surface area contributed by atoms with E-state index in [2.05, 4.69) is 9.89 Å². The van der Waals surface area contributed by atoms with Gasteiger partial charge in [0, 0.05) is 18.7 Å². The molecule has 0 aliphatic carbocycles. The van der Waals surface area contributed by atoms with Gasteiger partial charge in [0.05, 0.1) is 31.6 Å². The second kappa shape index (κ2) is 9.14. The molecule has 1 aromatic carbocycles. The van der Waals surface area contributed by atoms with Crippen LogP contribution >= 0.6 is 11.8 Å². The summed E-state index contributed by atoms with van der Waals surface area (Å²) < 4.78 is 15.8. The van der Waals surface area contributed by atoms with Crippen LogP contribution < -0.4 is 9.47 Å². The third-order valence-corrected chi connectivity index (χ3v) is 5.76. The van der Waals surface area contributed by atoms with Crippen LogP contribution in [-0.2, 0) is 14.3 Å². The van der Waals surface area contributed by atoms with Crippen LogP contribution in [0.5, 0.6) is 11.5 Å². The van der Waals surface area contributed by atoms with Gasteiger partial charge >= 0.3 is 5.97 Å². The highest BCUT2D eigenvalue weighted by atomic mass is 32.2. The summed E-state index contributed by atoms with van der Waals surface area (Å²) in [5, 5.41) is 0.681. The third kappa shape index (κ3) is 4.32. The van der Waals surface area contributed by atoms with Gasteiger partial charge < -0.3 is 19.1 Å². The number of likely N-dealkylation sites (tertiary alicyclic amines) is 1. The van der Waals surface area contributed by atoms with Gasteiger partial charge in [-0.05, 0) is 43.7 Å². The molecule has 0 atom stereocenters. The van der Waals surface area contributed by atoms with Gasteiger partial charge in [-0.1, -0.05) is 12.1 Å². The average molecular weight is 404 g/mol. The largest absolute Gasteiger partial charge is 0.493 e. The first-order valence-electron chi connectivity index (χ1n) is 9.22. The minimum Gasteiger partial charge on any atom is -0.493 e. The van der Waals surface area contributed by atoms with Crippen molar-refractivity contribution < 1.29 is 23.8 Å². The maximum Gasteiger partial charge on any atom is 0.309 e. The molecule has 3 rings (SSSR count). The molecule has 8 heteroatoms. The Labute approximate surface area is 168 Å². The van der Waals surface area contributed by atoms with E-state index in [-0.39, 0.29) is 17.8 Å². The Balaban J connectivity index is 1.68. The Morgan fingerprint density at radius 2 is 2.04 bits per heavy atom. The van der Waals surface area contributed by atoms with Gasteiger partial charge in [0.2, 0.25) is 0 Å². The summed E-state index contributed by atoms with van der Waals surface area (Å²) in [6.45, 7) is 3.57. The molecule has 1 amide bonds. The number of benzene rings is 1. The smallest absolute Gasteiger partial charge is 0.309 e. The topological polar surface area (TPSA) is 77.4 Å². The maximum atomic E-state index is 12.4. The van der Waals surface area contributed by atoms with Crippen molar-refractivity contribution >= 4 is 34.9 Å². The normalized spacial score (nSPS) is 19.0. The van der Waals surface area contributed by atoms with Gasteiger partial charge in [-0.2, -0.15) is 4.99 Å². The SMILES string of the molecule is CCOC(=O)C1CCN(C2=NC(=O)C(=Cc3cccc(OC)c3OC)S2)CC1. The number of esters is 1. The number of aliphatic imine (C=N–C) groups is 1. The van der Waals surface area contributed by atoms with Gasteiger partial charge in [0.1, 0.15) is 0 Å². The lowest BCUT2D eigenvalue weighted by atomic mass is 9.97. The molecule has 2 heterocycles. The second-order valence-corrected chi connectivity index (χ2v) is 7.42. The van der Waals surface area contributed by atoms with E-state index in [4.69, 9.17) is 14.2 Å². The quantitative estimate of drug-likeness (QED) is 0.551. The fraction of sp³-hybridized carbons (Fsp3) is 0.450. The molecule has 0 spiro atoms. The number of carbonyl (C=O) groups excluding carboxylic acids is 2. The molecule has 28 heavy (non-hydrogen) atoms. The number of ether oxygens (including phenoxy) is 3. The number of rotatable bonds is 5. The van der Waals surface area contributed by atoms with Gasteiger partial charge in [-0.15, -0.1) is 0 Å². The van der Waals surface area contributed by atoms with Crippen LogP contribution in [0.4, 0.5) is 0 Å². The molecule has 7 nitrogen and oxygen atoms in total. The second-order valence-electron chi connectivity index (χ2n) is 6.41. The average Bonchev–Trinajstić information content (AvgIpc) is 3.08. The van der Waals surface area contributed by atoms with Crippen LogP contribution in [0, 0.1) is 5.92 Å². The molecule has 0 bridgehead atoms. The number of hydrogen-bond donors (Lipinski definition) is 0. The van der Waals surface area contributed by atoms with Crippen molar-refractivity contribution in [3.8, 4) is 11.5 Å². The number of nitrogens with zero attached hydrogens (tertiary/aromatic N) is 2. The van der Waals surface area contributed by atoms with E-state index >= 15 is 0 Å². The van der Waals surface area contributed by atoms with E-state index in [9.17, 15) is 9.59 Å². The van der Waals surface area contributed by atoms with Crippen molar-refractivity contribution in [2.75, 3.05) is 33.9 Å². The highest BCUT2D eigenvalue weighted by molar-refractivity contribution is 8.18. The Kier molecular flexibility index (Phi) is 6.61. The summed E-state index contributed by atoms with van der Waals surface area (Å²) in [4.78, 5) is 31.1. The number of amidine groups is 1. The van der Waals surface area contributed by atoms with E-state index in [1.807, 2.05) is 19.1 Å². The predicted octanol–water partition coefficient (Wildman–Crippen LogP) is 2.95. The van der Waals surface area contributed by atoms with Crippen molar-refractivity contribution in [1.82, 2.24) is 4.90 Å². The monoisotopic (exact) mass is 404 g/mol. The van der Waals surface area contributed by atoms with Crippen molar-refractivity contribution in [2.45, 2.75) is 19.8 Å². The minimum atomic E-state index is -0.266. The Hall–Kier alpha value is -2.48. The number of thioether (sulfide) groups is 1. The van der Waals surface area contributed by atoms with E-state index in [1.165, 1.54) is 11.8 Å². The lowest BCUT2D eigenvalue weighted by Crippen LogP contribution is -2.39. The zero-order valence-electron chi connectivity index (χ0n) is 16.3. The molecule has 2 aliphatic heterocycles.